The maximum atomic E-state index is 15.8. The van der Waals surface area contributed by atoms with Crippen LogP contribution in [0.1, 0.15) is 40.7 Å². The van der Waals surface area contributed by atoms with Crippen molar-refractivity contribution in [2.45, 2.75) is 64.6 Å². The number of carbonyl (C=O) groups is 1. The summed E-state index contributed by atoms with van der Waals surface area (Å²) in [4.78, 5) is 24.6. The predicted molar refractivity (Wildman–Crippen MR) is 121 cm³/mol. The first-order valence-corrected chi connectivity index (χ1v) is 12.2. The lowest BCUT2D eigenvalue weighted by Gasteiger charge is -2.28. The third-order valence-electron chi connectivity index (χ3n) is 6.08. The number of anilines is 1. The monoisotopic (exact) mass is 486 g/mol. The van der Waals surface area contributed by atoms with E-state index in [9.17, 15) is 14.5 Å². The first-order chi connectivity index (χ1) is 15.5. The van der Waals surface area contributed by atoms with Crippen LogP contribution in [0.15, 0.2) is 12.7 Å². The number of hydrogen-bond donors (Lipinski definition) is 3. The molecule has 3 rings (SSSR count). The van der Waals surface area contributed by atoms with Gasteiger partial charge in [0.1, 0.15) is 17.9 Å². The summed E-state index contributed by atoms with van der Waals surface area (Å²) in [5.41, 5.74) is -1.09. The van der Waals surface area contributed by atoms with Gasteiger partial charge in [0.15, 0.2) is 17.1 Å². The van der Waals surface area contributed by atoms with Crippen LogP contribution in [-0.2, 0) is 18.6 Å². The third kappa shape index (κ3) is 5.03. The number of fused-ring (bicyclic) bond motifs is 1. The second-order valence-electron chi connectivity index (χ2n) is 8.81. The van der Waals surface area contributed by atoms with Crippen molar-refractivity contribution in [2.75, 3.05) is 19.0 Å². The Balaban J connectivity index is 1.73. The summed E-state index contributed by atoms with van der Waals surface area (Å²) >= 11 is 0. The lowest BCUT2D eigenvalue weighted by molar-refractivity contribution is -0.149. The molecule has 11 nitrogen and oxygen atoms in total. The van der Waals surface area contributed by atoms with Crippen molar-refractivity contribution < 1.29 is 28.1 Å². The molecule has 1 fully saturated rings. The average Bonchev–Trinajstić information content (AvgIpc) is 3.22. The highest BCUT2D eigenvalue weighted by atomic mass is 31.1. The molecule has 0 aliphatic heterocycles. The summed E-state index contributed by atoms with van der Waals surface area (Å²) in [6, 6.07) is -1.62. The second-order valence-corrected chi connectivity index (χ2v) is 9.96. The van der Waals surface area contributed by atoms with Crippen molar-refractivity contribution in [3.05, 3.63) is 12.7 Å². The van der Waals surface area contributed by atoms with Gasteiger partial charge in [-0.25, -0.2) is 24.4 Å². The van der Waals surface area contributed by atoms with Gasteiger partial charge in [0.25, 0.3) is 8.18 Å². The number of aliphatic hydroxyl groups excluding tert-OH is 1. The molecule has 184 valence electrons. The van der Waals surface area contributed by atoms with Gasteiger partial charge < -0.3 is 24.3 Å². The number of rotatable bonds is 9. The van der Waals surface area contributed by atoms with Crippen molar-refractivity contribution in [1.82, 2.24) is 24.6 Å². The van der Waals surface area contributed by atoms with E-state index in [0.29, 0.717) is 17.0 Å². The fourth-order valence-corrected chi connectivity index (χ4v) is 5.32. The van der Waals surface area contributed by atoms with E-state index in [1.54, 1.807) is 32.4 Å². The largest absolute Gasteiger partial charge is 0.462 e. The average molecular weight is 486 g/mol. The standard InChI is InChI=1S/C20H32FN6O5P/c1-10(2)32-19(29)12(4)26-33(30)31-7-13-11(3)15(20(5,21)16(13)28)27-9-25-14-17(22-6)23-8-24-18(14)27/h8-13,15-16,28,33H,7H2,1-6H3,(H,26,30)(H,22,23,24)/t11?,12-,13?,15+,16+,20-/m0/s1. The molecule has 2 aromatic rings. The fraction of sp³-hybridized carbons (Fsp3) is 0.700. The molecule has 3 unspecified atom stereocenters. The fourth-order valence-electron chi connectivity index (χ4n) is 4.42. The highest BCUT2D eigenvalue weighted by Gasteiger charge is 2.58. The van der Waals surface area contributed by atoms with E-state index in [1.807, 2.05) is 0 Å². The van der Waals surface area contributed by atoms with Gasteiger partial charge >= 0.3 is 5.97 Å². The Hall–Kier alpha value is -2.14. The van der Waals surface area contributed by atoms with Gasteiger partial charge in [-0.1, -0.05) is 6.92 Å². The molecule has 7 atom stereocenters. The minimum atomic E-state index is -2.84. The van der Waals surface area contributed by atoms with E-state index in [-0.39, 0.29) is 12.7 Å². The van der Waals surface area contributed by atoms with E-state index < -0.39 is 49.8 Å². The third-order valence-corrected chi connectivity index (χ3v) is 7.18. The molecule has 1 saturated carbocycles. The van der Waals surface area contributed by atoms with Gasteiger partial charge in [0.05, 0.1) is 31.2 Å². The van der Waals surface area contributed by atoms with E-state index in [4.69, 9.17) is 9.26 Å². The van der Waals surface area contributed by atoms with Crippen LogP contribution in [0.3, 0.4) is 0 Å². The number of nitrogens with one attached hydrogen (secondary N) is 2. The van der Waals surface area contributed by atoms with Crippen LogP contribution in [0, 0.1) is 11.8 Å². The Morgan fingerprint density at radius 3 is 2.70 bits per heavy atom. The van der Waals surface area contributed by atoms with Crippen LogP contribution < -0.4 is 10.4 Å². The van der Waals surface area contributed by atoms with Crippen LogP contribution in [0.4, 0.5) is 10.2 Å². The van der Waals surface area contributed by atoms with Crippen molar-refractivity contribution in [3.63, 3.8) is 0 Å². The Bertz CT molecular complexity index is 1020. The molecule has 1 aliphatic carbocycles. The van der Waals surface area contributed by atoms with Crippen molar-refractivity contribution in [2.24, 2.45) is 11.8 Å². The van der Waals surface area contributed by atoms with E-state index in [2.05, 4.69) is 25.4 Å². The topological polar surface area (TPSA) is 140 Å². The molecular weight excluding hydrogens is 454 g/mol. The van der Waals surface area contributed by atoms with Crippen LogP contribution in [0.2, 0.25) is 0 Å². The number of alkyl halides is 1. The number of esters is 1. The number of ether oxygens (including phenoxy) is 1. The SMILES string of the molecule is CNc1ncnc2c1ncn2[C@@H]1C(C)C(CO[PH](=O)N[C@@H](C)C(=O)OC(C)C)[C@@H](O)[C@@]1(C)F. The first-order valence-electron chi connectivity index (χ1n) is 10.8. The van der Waals surface area contributed by atoms with Gasteiger partial charge in [-0.05, 0) is 33.6 Å². The number of halogens is 1. The molecule has 33 heavy (non-hydrogen) atoms. The van der Waals surface area contributed by atoms with Crippen molar-refractivity contribution >= 4 is 31.1 Å². The summed E-state index contributed by atoms with van der Waals surface area (Å²) in [6.45, 7) is 7.92. The van der Waals surface area contributed by atoms with Gasteiger partial charge in [0, 0.05) is 13.0 Å². The number of carbonyl (C=O) groups excluding carboxylic acids is 1. The molecule has 2 aromatic heterocycles. The van der Waals surface area contributed by atoms with Crippen molar-refractivity contribution in [3.8, 4) is 0 Å². The second kappa shape index (κ2) is 10.0. The van der Waals surface area contributed by atoms with Gasteiger partial charge in [-0.2, -0.15) is 0 Å². The minimum absolute atomic E-state index is 0.154. The zero-order valence-electron chi connectivity index (χ0n) is 19.6. The van der Waals surface area contributed by atoms with Gasteiger partial charge in [-0.3, -0.25) is 9.36 Å². The molecule has 1 aliphatic rings. The quantitative estimate of drug-likeness (QED) is 0.356. The lowest BCUT2D eigenvalue weighted by Crippen LogP contribution is -2.39. The smallest absolute Gasteiger partial charge is 0.323 e. The maximum absolute atomic E-state index is 15.8. The van der Waals surface area contributed by atoms with Crippen molar-refractivity contribution in [1.29, 1.82) is 0 Å². The number of nitrogens with zero attached hydrogens (tertiary/aromatic N) is 4. The van der Waals surface area contributed by atoms with Crippen LogP contribution in [-0.4, -0.2) is 68.2 Å². The van der Waals surface area contributed by atoms with Crippen LogP contribution >= 0.6 is 8.18 Å². The normalized spacial score (nSPS) is 29.4. The van der Waals surface area contributed by atoms with E-state index in [0.717, 1.165) is 0 Å². The summed E-state index contributed by atoms with van der Waals surface area (Å²) in [5.74, 6) is -1.09. The summed E-state index contributed by atoms with van der Waals surface area (Å²) < 4.78 is 40.3. The van der Waals surface area contributed by atoms with E-state index >= 15 is 4.39 Å². The number of imidazole rings is 1. The Kier molecular flexibility index (Phi) is 7.73. The number of hydrogen-bond acceptors (Lipinski definition) is 9. The zero-order chi connectivity index (χ0) is 24.5. The molecule has 13 heteroatoms. The van der Waals surface area contributed by atoms with Crippen LogP contribution in [0.25, 0.3) is 11.2 Å². The summed E-state index contributed by atoms with van der Waals surface area (Å²) in [7, 11) is -1.13. The molecule has 2 heterocycles. The summed E-state index contributed by atoms with van der Waals surface area (Å²) in [5, 5.41) is 16.3. The molecule has 0 spiro atoms. The van der Waals surface area contributed by atoms with Gasteiger partial charge in [0.2, 0.25) is 0 Å². The molecule has 0 radical (unpaired) electrons. The number of aliphatic hydroxyl groups is 1. The Morgan fingerprint density at radius 1 is 1.36 bits per heavy atom. The zero-order valence-corrected chi connectivity index (χ0v) is 20.6. The Labute approximate surface area is 192 Å². The summed E-state index contributed by atoms with van der Waals surface area (Å²) in [6.07, 6.45) is 1.18. The lowest BCUT2D eigenvalue weighted by atomic mass is 9.95. The minimum Gasteiger partial charge on any atom is -0.462 e. The predicted octanol–water partition coefficient (Wildman–Crippen LogP) is 2.10. The molecular formula is C20H32FN6O5P. The van der Waals surface area contributed by atoms with Gasteiger partial charge in [-0.15, -0.1) is 0 Å². The Morgan fingerprint density at radius 2 is 2.06 bits per heavy atom. The highest BCUT2D eigenvalue weighted by Crippen LogP contribution is 2.51. The van der Waals surface area contributed by atoms with Crippen LogP contribution in [0.5, 0.6) is 0 Å². The molecule has 0 amide bonds. The molecule has 0 bridgehead atoms. The maximum Gasteiger partial charge on any atom is 0.323 e. The number of aromatic nitrogens is 4. The first kappa shape index (κ1) is 25.5. The molecule has 0 aromatic carbocycles. The highest BCUT2D eigenvalue weighted by molar-refractivity contribution is 7.36. The molecule has 3 N–H and O–H groups in total. The molecule has 0 saturated heterocycles. The van der Waals surface area contributed by atoms with E-state index in [1.165, 1.54) is 26.5 Å².